The number of aromatic amines is 1. The van der Waals surface area contributed by atoms with Crippen LogP contribution in [0.3, 0.4) is 0 Å². The van der Waals surface area contributed by atoms with Crippen molar-refractivity contribution >= 4 is 37.8 Å². The van der Waals surface area contributed by atoms with E-state index in [0.717, 1.165) is 17.3 Å². The SMILES string of the molecule is CS(=O)(=O)Nc1cccc2nc3ccccc3[nH+]c12. The van der Waals surface area contributed by atoms with Crippen LogP contribution < -0.4 is 9.71 Å². The number of anilines is 1. The van der Waals surface area contributed by atoms with E-state index in [0.29, 0.717) is 16.7 Å². The van der Waals surface area contributed by atoms with Crippen LogP contribution in [-0.2, 0) is 10.0 Å². The minimum atomic E-state index is -3.32. The predicted octanol–water partition coefficient (Wildman–Crippen LogP) is 1.57. The predicted molar refractivity (Wildman–Crippen MR) is 74.3 cm³/mol. The monoisotopic (exact) mass is 274 g/mol. The van der Waals surface area contributed by atoms with Crippen LogP contribution in [0.4, 0.5) is 5.69 Å². The molecule has 0 unspecified atom stereocenters. The van der Waals surface area contributed by atoms with Gasteiger partial charge in [-0.3, -0.25) is 4.72 Å². The van der Waals surface area contributed by atoms with Gasteiger partial charge in [-0.05, 0) is 18.2 Å². The molecule has 1 aromatic heterocycles. The first-order valence-electron chi connectivity index (χ1n) is 5.71. The Hall–Kier alpha value is -2.21. The van der Waals surface area contributed by atoms with Crippen molar-refractivity contribution < 1.29 is 13.4 Å². The minimum absolute atomic E-state index is 0.498. The number of nitrogens with one attached hydrogen (secondary N) is 2. The molecule has 3 aromatic rings. The van der Waals surface area contributed by atoms with Gasteiger partial charge in [-0.25, -0.2) is 13.4 Å². The van der Waals surface area contributed by atoms with Crippen LogP contribution in [0.5, 0.6) is 0 Å². The molecule has 0 aliphatic rings. The van der Waals surface area contributed by atoms with Crippen molar-refractivity contribution in [2.45, 2.75) is 0 Å². The Morgan fingerprint density at radius 2 is 1.79 bits per heavy atom. The van der Waals surface area contributed by atoms with Gasteiger partial charge < -0.3 is 0 Å². The fraction of sp³-hybridized carbons (Fsp3) is 0.0769. The number of para-hydroxylation sites is 3. The van der Waals surface area contributed by atoms with Crippen LogP contribution in [0.25, 0.3) is 22.1 Å². The molecule has 1 heterocycles. The molecule has 6 heteroatoms. The van der Waals surface area contributed by atoms with Crippen LogP contribution in [0, 0.1) is 0 Å². The lowest BCUT2D eigenvalue weighted by atomic mass is 10.2. The molecule has 19 heavy (non-hydrogen) atoms. The van der Waals surface area contributed by atoms with Crippen LogP contribution >= 0.6 is 0 Å². The second-order valence-corrected chi connectivity index (χ2v) is 6.08. The van der Waals surface area contributed by atoms with E-state index in [1.807, 2.05) is 30.3 Å². The van der Waals surface area contributed by atoms with Crippen molar-refractivity contribution in [1.82, 2.24) is 4.98 Å². The van der Waals surface area contributed by atoms with Gasteiger partial charge in [0.1, 0.15) is 16.7 Å². The summed E-state index contributed by atoms with van der Waals surface area (Å²) in [5.41, 5.74) is 3.58. The van der Waals surface area contributed by atoms with E-state index in [-0.39, 0.29) is 0 Å². The number of rotatable bonds is 2. The van der Waals surface area contributed by atoms with Gasteiger partial charge in [0, 0.05) is 6.07 Å². The maximum Gasteiger partial charge on any atom is 0.254 e. The summed E-state index contributed by atoms with van der Waals surface area (Å²) in [6.07, 6.45) is 1.13. The Kier molecular flexibility index (Phi) is 2.60. The lowest BCUT2D eigenvalue weighted by Gasteiger charge is -2.03. The molecule has 0 radical (unpaired) electrons. The molecule has 0 saturated carbocycles. The quantitative estimate of drug-likeness (QED) is 0.721. The number of sulfonamides is 1. The Bertz CT molecular complexity index is 875. The molecule has 0 amide bonds. The summed E-state index contributed by atoms with van der Waals surface area (Å²) in [5.74, 6) is 0. The first kappa shape index (κ1) is 11.9. The molecule has 2 aromatic carbocycles. The molecule has 0 fully saturated rings. The van der Waals surface area contributed by atoms with Crippen molar-refractivity contribution in [3.05, 3.63) is 42.5 Å². The molecule has 0 aliphatic heterocycles. The van der Waals surface area contributed by atoms with Gasteiger partial charge in [-0.1, -0.05) is 18.2 Å². The van der Waals surface area contributed by atoms with Crippen molar-refractivity contribution in [3.63, 3.8) is 0 Å². The van der Waals surface area contributed by atoms with E-state index in [1.54, 1.807) is 12.1 Å². The summed E-state index contributed by atoms with van der Waals surface area (Å²) in [6, 6.07) is 12.9. The zero-order chi connectivity index (χ0) is 13.5. The fourth-order valence-electron chi connectivity index (χ4n) is 1.99. The number of fused-ring (bicyclic) bond motifs is 2. The smallest absolute Gasteiger partial charge is 0.254 e. The van der Waals surface area contributed by atoms with Gasteiger partial charge in [0.2, 0.25) is 15.5 Å². The van der Waals surface area contributed by atoms with Crippen LogP contribution in [0.1, 0.15) is 0 Å². The third kappa shape index (κ3) is 2.34. The zero-order valence-electron chi connectivity index (χ0n) is 10.2. The van der Waals surface area contributed by atoms with Crippen molar-refractivity contribution in [1.29, 1.82) is 0 Å². The van der Waals surface area contributed by atoms with Gasteiger partial charge in [0.05, 0.1) is 6.26 Å². The Balaban J connectivity index is 2.32. The third-order valence-electron chi connectivity index (χ3n) is 2.74. The van der Waals surface area contributed by atoms with Crippen molar-refractivity contribution in [2.24, 2.45) is 0 Å². The largest absolute Gasteiger partial charge is 0.277 e. The van der Waals surface area contributed by atoms with Crippen LogP contribution in [0.2, 0.25) is 0 Å². The van der Waals surface area contributed by atoms with E-state index in [4.69, 9.17) is 0 Å². The second kappa shape index (κ2) is 4.17. The Morgan fingerprint density at radius 3 is 2.58 bits per heavy atom. The van der Waals surface area contributed by atoms with Gasteiger partial charge in [-0.2, -0.15) is 4.98 Å². The summed E-state index contributed by atoms with van der Waals surface area (Å²) in [4.78, 5) is 7.71. The van der Waals surface area contributed by atoms with Crippen LogP contribution in [0.15, 0.2) is 42.5 Å². The number of aromatic nitrogens is 2. The van der Waals surface area contributed by atoms with Gasteiger partial charge in [0.15, 0.2) is 0 Å². The maximum absolute atomic E-state index is 11.4. The highest BCUT2D eigenvalue weighted by atomic mass is 32.2. The fourth-order valence-corrected chi connectivity index (χ4v) is 2.56. The number of hydrogen-bond donors (Lipinski definition) is 1. The Labute approximate surface area is 110 Å². The number of benzene rings is 2. The molecule has 3 rings (SSSR count). The summed E-state index contributed by atoms with van der Waals surface area (Å²) >= 11 is 0. The molecule has 0 spiro atoms. The van der Waals surface area contributed by atoms with Gasteiger partial charge >= 0.3 is 0 Å². The summed E-state index contributed by atoms with van der Waals surface area (Å²) in [6.45, 7) is 0. The first-order chi connectivity index (χ1) is 9.03. The van der Waals surface area contributed by atoms with Crippen molar-refractivity contribution in [3.8, 4) is 0 Å². The average molecular weight is 274 g/mol. The molecule has 96 valence electrons. The van der Waals surface area contributed by atoms with E-state index in [9.17, 15) is 8.42 Å². The topological polar surface area (TPSA) is 73.2 Å². The lowest BCUT2D eigenvalue weighted by molar-refractivity contribution is -0.310. The molecular formula is C13H12N3O2S+. The third-order valence-corrected chi connectivity index (χ3v) is 3.33. The number of hydrogen-bond acceptors (Lipinski definition) is 3. The summed E-state index contributed by atoms with van der Waals surface area (Å²) in [5, 5.41) is 0. The standard InChI is InChI=1S/C13H11N3O2S/c1-19(17,18)16-12-8-4-7-11-13(12)15-10-6-3-2-5-9(10)14-11/h2-8,16H,1H3/p+1. The Morgan fingerprint density at radius 1 is 1.05 bits per heavy atom. The molecule has 0 atom stereocenters. The van der Waals surface area contributed by atoms with E-state index >= 15 is 0 Å². The highest BCUT2D eigenvalue weighted by molar-refractivity contribution is 7.92. The van der Waals surface area contributed by atoms with Crippen LogP contribution in [-0.4, -0.2) is 19.7 Å². The normalized spacial score (nSPS) is 11.8. The van der Waals surface area contributed by atoms with E-state index < -0.39 is 10.0 Å². The summed E-state index contributed by atoms with van der Waals surface area (Å²) in [7, 11) is -3.32. The maximum atomic E-state index is 11.4. The van der Waals surface area contributed by atoms with Gasteiger partial charge in [-0.15, -0.1) is 0 Å². The first-order valence-corrected chi connectivity index (χ1v) is 7.61. The molecular weight excluding hydrogens is 262 g/mol. The molecule has 5 nitrogen and oxygen atoms in total. The highest BCUT2D eigenvalue weighted by Crippen LogP contribution is 2.20. The molecule has 0 saturated heterocycles. The minimum Gasteiger partial charge on any atom is -0.277 e. The van der Waals surface area contributed by atoms with Crippen molar-refractivity contribution in [2.75, 3.05) is 11.0 Å². The number of H-pyrrole nitrogens is 1. The zero-order valence-corrected chi connectivity index (χ0v) is 11.0. The molecule has 2 N–H and O–H groups in total. The average Bonchev–Trinajstić information content (AvgIpc) is 2.35. The highest BCUT2D eigenvalue weighted by Gasteiger charge is 2.14. The van der Waals surface area contributed by atoms with E-state index in [1.165, 1.54) is 0 Å². The van der Waals surface area contributed by atoms with Gasteiger partial charge in [0.25, 0.3) is 5.52 Å². The molecule has 0 aliphatic carbocycles. The van der Waals surface area contributed by atoms with E-state index in [2.05, 4.69) is 14.7 Å². The summed E-state index contributed by atoms with van der Waals surface area (Å²) < 4.78 is 25.2. The lowest BCUT2D eigenvalue weighted by Crippen LogP contribution is -2.14. The second-order valence-electron chi connectivity index (χ2n) is 4.33. The number of nitrogens with zero attached hydrogens (tertiary/aromatic N) is 1. The molecule has 0 bridgehead atoms.